The van der Waals surface area contributed by atoms with Crippen molar-refractivity contribution in [3.63, 3.8) is 0 Å². The van der Waals surface area contributed by atoms with Gasteiger partial charge < -0.3 is 15.1 Å². The van der Waals surface area contributed by atoms with E-state index in [1.54, 1.807) is 0 Å². The molecule has 0 spiro atoms. The number of aliphatic hydroxyl groups is 2. The predicted molar refractivity (Wildman–Crippen MR) is 75.6 cm³/mol. The molecule has 0 aromatic heterocycles. The molecule has 0 unspecified atom stereocenters. The maximum atomic E-state index is 9.94. The standard InChI is InChI=1S/C15H31NO2/c1-5-16(10-14(3,4)18)11-15(12-17)8-6-13(2)7-9-15/h13,17-18H,5-12H2,1-4H3. The van der Waals surface area contributed by atoms with Crippen LogP contribution < -0.4 is 0 Å². The number of hydrogen-bond acceptors (Lipinski definition) is 3. The average Bonchev–Trinajstić information content (AvgIpc) is 2.30. The Hall–Kier alpha value is -0.120. The molecule has 0 amide bonds. The number of rotatable bonds is 6. The molecular weight excluding hydrogens is 226 g/mol. The van der Waals surface area contributed by atoms with E-state index in [1.807, 2.05) is 13.8 Å². The van der Waals surface area contributed by atoms with E-state index in [0.29, 0.717) is 6.54 Å². The summed E-state index contributed by atoms with van der Waals surface area (Å²) >= 11 is 0. The fourth-order valence-electron chi connectivity index (χ4n) is 3.04. The summed E-state index contributed by atoms with van der Waals surface area (Å²) < 4.78 is 0. The normalized spacial score (nSPS) is 29.8. The summed E-state index contributed by atoms with van der Waals surface area (Å²) in [5.41, 5.74) is -0.595. The highest BCUT2D eigenvalue weighted by atomic mass is 16.3. The van der Waals surface area contributed by atoms with Gasteiger partial charge in [-0.15, -0.1) is 0 Å². The van der Waals surface area contributed by atoms with E-state index >= 15 is 0 Å². The SMILES string of the molecule is CCN(CC(C)(C)O)CC1(CO)CCC(C)CC1. The Labute approximate surface area is 112 Å². The smallest absolute Gasteiger partial charge is 0.0718 e. The molecule has 2 N–H and O–H groups in total. The summed E-state index contributed by atoms with van der Waals surface area (Å²) in [5.74, 6) is 0.800. The Kier molecular flexibility index (Phi) is 5.63. The van der Waals surface area contributed by atoms with Gasteiger partial charge in [0.2, 0.25) is 0 Å². The molecule has 3 nitrogen and oxygen atoms in total. The molecule has 0 bridgehead atoms. The van der Waals surface area contributed by atoms with Crippen molar-refractivity contribution in [1.82, 2.24) is 4.90 Å². The topological polar surface area (TPSA) is 43.7 Å². The third-order valence-corrected chi connectivity index (χ3v) is 4.29. The van der Waals surface area contributed by atoms with Crippen LogP contribution in [0.25, 0.3) is 0 Å². The van der Waals surface area contributed by atoms with Crippen LogP contribution in [-0.2, 0) is 0 Å². The molecule has 108 valence electrons. The van der Waals surface area contributed by atoms with Gasteiger partial charge >= 0.3 is 0 Å². The second kappa shape index (κ2) is 6.36. The van der Waals surface area contributed by atoms with Crippen molar-refractivity contribution in [3.05, 3.63) is 0 Å². The third-order valence-electron chi connectivity index (χ3n) is 4.29. The first-order valence-corrected chi connectivity index (χ1v) is 7.36. The number of hydrogen-bond donors (Lipinski definition) is 2. The van der Waals surface area contributed by atoms with Crippen LogP contribution in [0.4, 0.5) is 0 Å². The zero-order valence-corrected chi connectivity index (χ0v) is 12.6. The lowest BCUT2D eigenvalue weighted by Crippen LogP contribution is -2.47. The second-order valence-electron chi connectivity index (χ2n) is 6.96. The molecule has 0 heterocycles. The quantitative estimate of drug-likeness (QED) is 0.767. The minimum Gasteiger partial charge on any atom is -0.396 e. The first-order valence-electron chi connectivity index (χ1n) is 7.36. The lowest BCUT2D eigenvalue weighted by Gasteiger charge is -2.42. The molecule has 0 aromatic rings. The summed E-state index contributed by atoms with van der Waals surface area (Å²) in [6, 6.07) is 0. The molecule has 1 rings (SSSR count). The summed E-state index contributed by atoms with van der Waals surface area (Å²) in [6.07, 6.45) is 4.68. The van der Waals surface area contributed by atoms with Gasteiger partial charge in [0, 0.05) is 25.1 Å². The van der Waals surface area contributed by atoms with Crippen molar-refractivity contribution in [2.45, 2.75) is 59.0 Å². The third kappa shape index (κ3) is 4.87. The van der Waals surface area contributed by atoms with Crippen molar-refractivity contribution in [1.29, 1.82) is 0 Å². The van der Waals surface area contributed by atoms with E-state index in [4.69, 9.17) is 0 Å². The van der Waals surface area contributed by atoms with E-state index in [9.17, 15) is 10.2 Å². The minimum atomic E-state index is -0.658. The Morgan fingerprint density at radius 2 is 1.83 bits per heavy atom. The molecular formula is C15H31NO2. The molecule has 0 aliphatic heterocycles. The summed E-state index contributed by atoms with van der Waals surface area (Å²) in [6.45, 7) is 10.9. The molecule has 0 radical (unpaired) electrons. The van der Waals surface area contributed by atoms with Crippen molar-refractivity contribution in [2.75, 3.05) is 26.2 Å². The van der Waals surface area contributed by atoms with Crippen LogP contribution in [0.3, 0.4) is 0 Å². The molecule has 1 saturated carbocycles. The maximum Gasteiger partial charge on any atom is 0.0718 e. The molecule has 1 aliphatic carbocycles. The fraction of sp³-hybridized carbons (Fsp3) is 1.00. The highest BCUT2D eigenvalue weighted by Crippen LogP contribution is 2.39. The highest BCUT2D eigenvalue weighted by Gasteiger charge is 2.35. The van der Waals surface area contributed by atoms with Gasteiger partial charge in [-0.05, 0) is 39.2 Å². The number of nitrogens with zero attached hydrogens (tertiary/aromatic N) is 1. The largest absolute Gasteiger partial charge is 0.396 e. The molecule has 0 saturated heterocycles. The van der Waals surface area contributed by atoms with Crippen LogP contribution in [0, 0.1) is 11.3 Å². The van der Waals surface area contributed by atoms with Crippen LogP contribution in [-0.4, -0.2) is 47.0 Å². The van der Waals surface area contributed by atoms with Crippen LogP contribution in [0.15, 0.2) is 0 Å². The van der Waals surface area contributed by atoms with E-state index in [2.05, 4.69) is 18.7 Å². The summed E-state index contributed by atoms with van der Waals surface area (Å²) in [4.78, 5) is 2.28. The zero-order chi connectivity index (χ0) is 13.8. The average molecular weight is 257 g/mol. The molecule has 1 aliphatic rings. The summed E-state index contributed by atoms with van der Waals surface area (Å²) in [7, 11) is 0. The Morgan fingerprint density at radius 3 is 2.22 bits per heavy atom. The lowest BCUT2D eigenvalue weighted by atomic mass is 9.71. The van der Waals surface area contributed by atoms with Gasteiger partial charge in [-0.25, -0.2) is 0 Å². The predicted octanol–water partition coefficient (Wildman–Crippen LogP) is 2.27. The number of likely N-dealkylation sites (N-methyl/N-ethyl adjacent to an activating group) is 1. The Balaban J connectivity index is 2.60. The lowest BCUT2D eigenvalue weighted by molar-refractivity contribution is -0.00819. The fourth-order valence-corrected chi connectivity index (χ4v) is 3.04. The second-order valence-corrected chi connectivity index (χ2v) is 6.96. The van der Waals surface area contributed by atoms with Crippen molar-refractivity contribution in [3.8, 4) is 0 Å². The van der Waals surface area contributed by atoms with Crippen LogP contribution in [0.5, 0.6) is 0 Å². The van der Waals surface area contributed by atoms with Crippen LogP contribution in [0.1, 0.15) is 53.4 Å². The van der Waals surface area contributed by atoms with Crippen molar-refractivity contribution < 1.29 is 10.2 Å². The van der Waals surface area contributed by atoms with Crippen LogP contribution >= 0.6 is 0 Å². The molecule has 0 atom stereocenters. The van der Waals surface area contributed by atoms with E-state index in [1.165, 1.54) is 12.8 Å². The maximum absolute atomic E-state index is 9.94. The van der Waals surface area contributed by atoms with E-state index < -0.39 is 5.60 Å². The first-order chi connectivity index (χ1) is 8.30. The Morgan fingerprint density at radius 1 is 1.28 bits per heavy atom. The Bertz CT molecular complexity index is 239. The van der Waals surface area contributed by atoms with Crippen molar-refractivity contribution in [2.24, 2.45) is 11.3 Å². The first kappa shape index (κ1) is 15.9. The van der Waals surface area contributed by atoms with Gasteiger partial charge in [-0.3, -0.25) is 0 Å². The molecule has 18 heavy (non-hydrogen) atoms. The van der Waals surface area contributed by atoms with E-state index in [-0.39, 0.29) is 12.0 Å². The zero-order valence-electron chi connectivity index (χ0n) is 12.6. The van der Waals surface area contributed by atoms with Crippen LogP contribution in [0.2, 0.25) is 0 Å². The van der Waals surface area contributed by atoms with Gasteiger partial charge in [0.1, 0.15) is 0 Å². The van der Waals surface area contributed by atoms with Gasteiger partial charge in [-0.2, -0.15) is 0 Å². The summed E-state index contributed by atoms with van der Waals surface area (Å²) in [5, 5.41) is 19.7. The molecule has 3 heteroatoms. The van der Waals surface area contributed by atoms with Crippen molar-refractivity contribution >= 4 is 0 Å². The number of aliphatic hydroxyl groups excluding tert-OH is 1. The minimum absolute atomic E-state index is 0.0633. The molecule has 0 aromatic carbocycles. The monoisotopic (exact) mass is 257 g/mol. The van der Waals surface area contributed by atoms with E-state index in [0.717, 1.165) is 31.8 Å². The highest BCUT2D eigenvalue weighted by molar-refractivity contribution is 4.88. The van der Waals surface area contributed by atoms with Gasteiger partial charge in [0.05, 0.1) is 5.60 Å². The van der Waals surface area contributed by atoms with Gasteiger partial charge in [-0.1, -0.05) is 26.7 Å². The van der Waals surface area contributed by atoms with Gasteiger partial charge in [0.25, 0.3) is 0 Å². The van der Waals surface area contributed by atoms with Gasteiger partial charge in [0.15, 0.2) is 0 Å². The molecule has 1 fully saturated rings.